The van der Waals surface area contributed by atoms with Crippen LogP contribution in [0.5, 0.6) is 0 Å². The van der Waals surface area contributed by atoms with Crippen LogP contribution < -0.4 is 0 Å². The second-order valence-electron chi connectivity index (χ2n) is 6.99. The third-order valence-corrected chi connectivity index (χ3v) is 6.86. The third-order valence-electron chi connectivity index (χ3n) is 4.94. The van der Waals surface area contributed by atoms with Crippen LogP contribution in [-0.2, 0) is 21.3 Å². The molecule has 1 aromatic rings. The molecule has 134 valence electrons. The monoisotopic (exact) mass is 356 g/mol. The van der Waals surface area contributed by atoms with Gasteiger partial charge in [0.2, 0.25) is 10.0 Å². The Kier molecular flexibility index (Phi) is 4.97. The first-order chi connectivity index (χ1) is 11.3. The molecule has 1 aromatic carbocycles. The van der Waals surface area contributed by atoms with Crippen molar-refractivity contribution in [2.45, 2.75) is 31.0 Å². The van der Waals surface area contributed by atoms with Crippen LogP contribution in [0.1, 0.15) is 19.4 Å². The fourth-order valence-electron chi connectivity index (χ4n) is 3.14. The minimum atomic E-state index is -3.45. The number of hydrogen-bond acceptors (Lipinski definition) is 4. The molecule has 7 heteroatoms. The van der Waals surface area contributed by atoms with Gasteiger partial charge in [0.25, 0.3) is 0 Å². The van der Waals surface area contributed by atoms with Gasteiger partial charge in [-0.15, -0.1) is 0 Å². The number of nitrogens with zero attached hydrogens (tertiary/aromatic N) is 2. The van der Waals surface area contributed by atoms with E-state index in [1.54, 1.807) is 12.1 Å². The molecule has 3 rings (SSSR count). The lowest BCUT2D eigenvalue weighted by atomic mass is 9.84. The van der Waals surface area contributed by atoms with Crippen LogP contribution in [-0.4, -0.2) is 62.7 Å². The third kappa shape index (κ3) is 3.49. The zero-order chi connectivity index (χ0) is 17.4. The molecule has 2 fully saturated rings. The number of alkyl halides is 1. The molecule has 0 amide bonds. The zero-order valence-electron chi connectivity index (χ0n) is 14.2. The number of likely N-dealkylation sites (tertiary alicyclic amines) is 1. The first-order valence-electron chi connectivity index (χ1n) is 8.39. The van der Waals surface area contributed by atoms with Crippen LogP contribution in [0.3, 0.4) is 0 Å². The standard InChI is InChI=1S/C17H25FN2O3S/c1-14(2)17(18)12-19(13-17)11-15-3-5-16(6-4-15)24(21,22)20-7-9-23-10-8-20/h3-6,14H,7-13H2,1-2H3. The molecule has 0 saturated carbocycles. The van der Waals surface area contributed by atoms with Crippen molar-refractivity contribution < 1.29 is 17.5 Å². The molecule has 0 radical (unpaired) electrons. The Labute approximate surface area is 143 Å². The number of benzene rings is 1. The number of sulfonamides is 1. The summed E-state index contributed by atoms with van der Waals surface area (Å²) < 4.78 is 46.1. The summed E-state index contributed by atoms with van der Waals surface area (Å²) in [6, 6.07) is 6.93. The fraction of sp³-hybridized carbons (Fsp3) is 0.647. The largest absolute Gasteiger partial charge is 0.379 e. The summed E-state index contributed by atoms with van der Waals surface area (Å²) in [7, 11) is -3.45. The topological polar surface area (TPSA) is 49.9 Å². The summed E-state index contributed by atoms with van der Waals surface area (Å²) in [5.74, 6) is 0.0230. The van der Waals surface area contributed by atoms with E-state index in [0.29, 0.717) is 50.8 Å². The van der Waals surface area contributed by atoms with Crippen molar-refractivity contribution in [3.05, 3.63) is 29.8 Å². The Morgan fingerprint density at radius 3 is 2.29 bits per heavy atom. The molecule has 24 heavy (non-hydrogen) atoms. The normalized spacial score (nSPS) is 22.5. The molecule has 0 atom stereocenters. The Morgan fingerprint density at radius 2 is 1.75 bits per heavy atom. The van der Waals surface area contributed by atoms with Crippen LogP contribution in [0.25, 0.3) is 0 Å². The molecule has 0 unspecified atom stereocenters. The van der Waals surface area contributed by atoms with Gasteiger partial charge in [-0.3, -0.25) is 4.90 Å². The van der Waals surface area contributed by atoms with Gasteiger partial charge in [-0.2, -0.15) is 4.31 Å². The van der Waals surface area contributed by atoms with Crippen molar-refractivity contribution in [1.29, 1.82) is 0 Å². The average Bonchev–Trinajstić information content (AvgIpc) is 2.54. The Hall–Kier alpha value is -1.02. The van der Waals surface area contributed by atoms with Crippen molar-refractivity contribution in [3.8, 4) is 0 Å². The summed E-state index contributed by atoms with van der Waals surface area (Å²) in [5, 5.41) is 0. The highest BCUT2D eigenvalue weighted by Crippen LogP contribution is 2.33. The number of morpholine rings is 1. The summed E-state index contributed by atoms with van der Waals surface area (Å²) in [6.45, 7) is 7.01. The molecule has 2 heterocycles. The van der Waals surface area contributed by atoms with E-state index in [1.807, 2.05) is 30.9 Å². The van der Waals surface area contributed by atoms with Crippen LogP contribution in [0, 0.1) is 5.92 Å². The smallest absolute Gasteiger partial charge is 0.243 e. The summed E-state index contributed by atoms with van der Waals surface area (Å²) in [6.07, 6.45) is 0. The van der Waals surface area contributed by atoms with Gasteiger partial charge in [-0.1, -0.05) is 26.0 Å². The van der Waals surface area contributed by atoms with Crippen LogP contribution in [0.15, 0.2) is 29.2 Å². The lowest BCUT2D eigenvalue weighted by molar-refractivity contribution is -0.0688. The van der Waals surface area contributed by atoms with Gasteiger partial charge < -0.3 is 4.74 Å². The molecular weight excluding hydrogens is 331 g/mol. The van der Waals surface area contributed by atoms with Gasteiger partial charge in [0.1, 0.15) is 5.67 Å². The lowest BCUT2D eigenvalue weighted by Gasteiger charge is -2.47. The maximum atomic E-state index is 14.3. The van der Waals surface area contributed by atoms with Gasteiger partial charge in [0.15, 0.2) is 0 Å². The van der Waals surface area contributed by atoms with Crippen molar-refractivity contribution >= 4 is 10.0 Å². The quantitative estimate of drug-likeness (QED) is 0.808. The molecular formula is C17H25FN2O3S. The Bertz CT molecular complexity index is 664. The Morgan fingerprint density at radius 1 is 1.17 bits per heavy atom. The van der Waals surface area contributed by atoms with Crippen molar-refractivity contribution in [1.82, 2.24) is 9.21 Å². The van der Waals surface area contributed by atoms with E-state index in [0.717, 1.165) is 5.56 Å². The second-order valence-corrected chi connectivity index (χ2v) is 8.93. The molecule has 2 aliphatic heterocycles. The minimum absolute atomic E-state index is 0.0230. The Balaban J connectivity index is 1.62. The number of hydrogen-bond donors (Lipinski definition) is 0. The molecule has 5 nitrogen and oxygen atoms in total. The maximum absolute atomic E-state index is 14.3. The first-order valence-corrected chi connectivity index (χ1v) is 9.83. The number of halogens is 1. The molecule has 0 aromatic heterocycles. The zero-order valence-corrected chi connectivity index (χ0v) is 15.1. The predicted octanol–water partition coefficient (Wildman–Crippen LogP) is 1.89. The van der Waals surface area contributed by atoms with Crippen LogP contribution in [0.2, 0.25) is 0 Å². The van der Waals surface area contributed by atoms with E-state index in [4.69, 9.17) is 4.74 Å². The van der Waals surface area contributed by atoms with Crippen molar-refractivity contribution in [3.63, 3.8) is 0 Å². The van der Waals surface area contributed by atoms with E-state index in [1.165, 1.54) is 4.31 Å². The van der Waals surface area contributed by atoms with Crippen LogP contribution >= 0.6 is 0 Å². The van der Waals surface area contributed by atoms with Gasteiger partial charge in [0, 0.05) is 32.7 Å². The van der Waals surface area contributed by atoms with E-state index >= 15 is 0 Å². The van der Waals surface area contributed by atoms with E-state index in [9.17, 15) is 12.8 Å². The molecule has 0 bridgehead atoms. The molecule has 2 saturated heterocycles. The van der Waals surface area contributed by atoms with Crippen molar-refractivity contribution in [2.75, 3.05) is 39.4 Å². The predicted molar refractivity (Wildman–Crippen MR) is 90.0 cm³/mol. The molecule has 0 aliphatic carbocycles. The van der Waals surface area contributed by atoms with Gasteiger partial charge >= 0.3 is 0 Å². The minimum Gasteiger partial charge on any atom is -0.379 e. The van der Waals surface area contributed by atoms with E-state index in [2.05, 4.69) is 0 Å². The number of ether oxygens (including phenoxy) is 1. The molecule has 0 N–H and O–H groups in total. The second kappa shape index (κ2) is 6.71. The first kappa shape index (κ1) is 17.8. The lowest BCUT2D eigenvalue weighted by Crippen LogP contribution is -2.61. The summed E-state index contributed by atoms with van der Waals surface area (Å²) in [5.41, 5.74) is -0.0821. The molecule has 0 spiro atoms. The van der Waals surface area contributed by atoms with Crippen molar-refractivity contribution in [2.24, 2.45) is 5.92 Å². The maximum Gasteiger partial charge on any atom is 0.243 e. The van der Waals surface area contributed by atoms with Crippen LogP contribution in [0.4, 0.5) is 4.39 Å². The van der Waals surface area contributed by atoms with E-state index in [-0.39, 0.29) is 5.92 Å². The van der Waals surface area contributed by atoms with Gasteiger partial charge in [-0.25, -0.2) is 12.8 Å². The summed E-state index contributed by atoms with van der Waals surface area (Å²) in [4.78, 5) is 2.35. The SMILES string of the molecule is CC(C)C1(F)CN(Cc2ccc(S(=O)(=O)N3CCOCC3)cc2)C1. The van der Waals surface area contributed by atoms with E-state index < -0.39 is 15.7 Å². The molecule has 2 aliphatic rings. The summed E-state index contributed by atoms with van der Waals surface area (Å²) >= 11 is 0. The fourth-order valence-corrected chi connectivity index (χ4v) is 4.54. The average molecular weight is 356 g/mol. The highest BCUT2D eigenvalue weighted by Gasteiger charge is 2.45. The highest BCUT2D eigenvalue weighted by atomic mass is 32.2. The number of rotatable bonds is 5. The van der Waals surface area contributed by atoms with Gasteiger partial charge in [0.05, 0.1) is 18.1 Å². The van der Waals surface area contributed by atoms with Gasteiger partial charge in [-0.05, 0) is 23.6 Å². The highest BCUT2D eigenvalue weighted by molar-refractivity contribution is 7.89.